The number of aryl methyl sites for hydroxylation is 2. The van der Waals surface area contributed by atoms with Crippen LogP contribution in [0, 0.1) is 17.4 Å². The van der Waals surface area contributed by atoms with Gasteiger partial charge in [-0.1, -0.05) is 18.2 Å². The average molecular weight is 344 g/mol. The lowest BCUT2D eigenvalue weighted by atomic mass is 10.0. The summed E-state index contributed by atoms with van der Waals surface area (Å²) in [5.74, 6) is 0. The van der Waals surface area contributed by atoms with Crippen LogP contribution < -0.4 is 0 Å². The first-order valence-electron chi connectivity index (χ1n) is 5.09. The van der Waals surface area contributed by atoms with Gasteiger partial charge in [0.05, 0.1) is 0 Å². The minimum atomic E-state index is -0.502. The highest BCUT2D eigenvalue weighted by Crippen LogP contribution is 2.32. The molecule has 1 N–H and O–H groups in total. The monoisotopic (exact) mass is 344 g/mol. The Hall–Kier alpha value is -0.390. The van der Waals surface area contributed by atoms with Crippen molar-refractivity contribution < 1.29 is 5.11 Å². The molecule has 0 aliphatic heterocycles. The fourth-order valence-electron chi connectivity index (χ4n) is 1.79. The predicted molar refractivity (Wildman–Crippen MR) is 77.0 cm³/mol. The molecule has 3 heteroatoms. The fourth-order valence-corrected chi connectivity index (χ4v) is 3.43. The molecule has 0 radical (unpaired) electrons. The highest BCUT2D eigenvalue weighted by molar-refractivity contribution is 14.1. The van der Waals surface area contributed by atoms with Gasteiger partial charge in [-0.25, -0.2) is 0 Å². The van der Waals surface area contributed by atoms with Crippen LogP contribution in [0.2, 0.25) is 0 Å². The van der Waals surface area contributed by atoms with Gasteiger partial charge in [0.2, 0.25) is 0 Å². The summed E-state index contributed by atoms with van der Waals surface area (Å²) >= 11 is 4.00. The molecule has 0 bridgehead atoms. The largest absolute Gasteiger partial charge is 0.384 e. The van der Waals surface area contributed by atoms with Crippen molar-refractivity contribution in [1.29, 1.82) is 0 Å². The lowest BCUT2D eigenvalue weighted by molar-refractivity contribution is 0.219. The first-order valence-corrected chi connectivity index (χ1v) is 6.98. The van der Waals surface area contributed by atoms with E-state index in [4.69, 9.17) is 0 Å². The van der Waals surface area contributed by atoms with E-state index in [1.807, 2.05) is 24.3 Å². The molecular formula is C13H13IOS. The Labute approximate surface area is 113 Å². The molecule has 0 saturated carbocycles. The number of halogens is 1. The van der Waals surface area contributed by atoms with E-state index in [1.54, 1.807) is 11.3 Å². The van der Waals surface area contributed by atoms with Crippen LogP contribution in [0.15, 0.2) is 30.3 Å². The van der Waals surface area contributed by atoms with Crippen LogP contribution >= 0.6 is 33.9 Å². The van der Waals surface area contributed by atoms with Gasteiger partial charge in [0, 0.05) is 13.3 Å². The van der Waals surface area contributed by atoms with Crippen molar-refractivity contribution in [2.24, 2.45) is 0 Å². The second-order valence-corrected chi connectivity index (χ2v) is 6.42. The van der Waals surface area contributed by atoms with E-state index in [9.17, 15) is 5.11 Å². The van der Waals surface area contributed by atoms with Gasteiger partial charge in [0.15, 0.2) is 0 Å². The summed E-state index contributed by atoms with van der Waals surface area (Å²) in [5.41, 5.74) is 2.02. The summed E-state index contributed by atoms with van der Waals surface area (Å²) in [5, 5.41) is 10.4. The molecule has 1 atom stereocenters. The summed E-state index contributed by atoms with van der Waals surface area (Å²) in [4.78, 5) is 2.45. The normalized spacial score (nSPS) is 12.8. The minimum Gasteiger partial charge on any atom is -0.384 e. The molecule has 0 spiro atoms. The molecule has 1 aromatic carbocycles. The van der Waals surface area contributed by atoms with E-state index in [2.05, 4.69) is 42.5 Å². The van der Waals surface area contributed by atoms with Gasteiger partial charge in [-0.3, -0.25) is 0 Å². The Morgan fingerprint density at radius 1 is 1.19 bits per heavy atom. The van der Waals surface area contributed by atoms with Gasteiger partial charge in [0.1, 0.15) is 6.10 Å². The van der Waals surface area contributed by atoms with Crippen LogP contribution in [0.3, 0.4) is 0 Å². The molecule has 0 aliphatic carbocycles. The van der Waals surface area contributed by atoms with E-state index >= 15 is 0 Å². The van der Waals surface area contributed by atoms with Gasteiger partial charge >= 0.3 is 0 Å². The van der Waals surface area contributed by atoms with Gasteiger partial charge in [-0.2, -0.15) is 0 Å². The average Bonchev–Trinajstić information content (AvgIpc) is 2.58. The van der Waals surface area contributed by atoms with E-state index < -0.39 is 6.10 Å². The number of hydrogen-bond acceptors (Lipinski definition) is 2. The molecule has 1 heterocycles. The molecular weight excluding hydrogens is 331 g/mol. The summed E-state index contributed by atoms with van der Waals surface area (Å²) in [6.45, 7) is 4.13. The zero-order chi connectivity index (χ0) is 11.7. The molecule has 84 valence electrons. The lowest BCUT2D eigenvalue weighted by Gasteiger charge is -2.12. The summed E-state index contributed by atoms with van der Waals surface area (Å²) < 4.78 is 1.11. The maximum Gasteiger partial charge on any atom is 0.106 e. The van der Waals surface area contributed by atoms with Crippen LogP contribution in [0.25, 0.3) is 0 Å². The maximum atomic E-state index is 10.4. The SMILES string of the molecule is Cc1cc(C(O)c2ccccc2I)c(C)s1. The first-order chi connectivity index (χ1) is 7.59. The molecule has 1 unspecified atom stereocenters. The van der Waals surface area contributed by atoms with Crippen molar-refractivity contribution in [2.45, 2.75) is 20.0 Å². The lowest BCUT2D eigenvalue weighted by Crippen LogP contribution is -2.01. The van der Waals surface area contributed by atoms with Crippen molar-refractivity contribution in [3.8, 4) is 0 Å². The Kier molecular flexibility index (Phi) is 3.66. The maximum absolute atomic E-state index is 10.4. The Bertz CT molecular complexity index is 504. The third-order valence-corrected chi connectivity index (χ3v) is 4.54. The third-order valence-electron chi connectivity index (χ3n) is 2.57. The molecule has 0 saturated heterocycles. The highest BCUT2D eigenvalue weighted by atomic mass is 127. The zero-order valence-electron chi connectivity index (χ0n) is 9.20. The Balaban J connectivity index is 2.43. The Morgan fingerprint density at radius 2 is 1.88 bits per heavy atom. The second kappa shape index (κ2) is 4.85. The van der Waals surface area contributed by atoms with Crippen molar-refractivity contribution in [1.82, 2.24) is 0 Å². The van der Waals surface area contributed by atoms with E-state index in [0.717, 1.165) is 14.7 Å². The zero-order valence-corrected chi connectivity index (χ0v) is 12.2. The number of rotatable bonds is 2. The quantitative estimate of drug-likeness (QED) is 0.815. The third kappa shape index (κ3) is 2.31. The van der Waals surface area contributed by atoms with Crippen molar-refractivity contribution >= 4 is 33.9 Å². The van der Waals surface area contributed by atoms with Gasteiger partial charge in [-0.15, -0.1) is 11.3 Å². The van der Waals surface area contributed by atoms with Gasteiger partial charge in [0.25, 0.3) is 0 Å². The fraction of sp³-hybridized carbons (Fsp3) is 0.231. The molecule has 1 nitrogen and oxygen atoms in total. The predicted octanol–water partition coefficient (Wildman–Crippen LogP) is 4.05. The van der Waals surface area contributed by atoms with Crippen molar-refractivity contribution in [3.63, 3.8) is 0 Å². The van der Waals surface area contributed by atoms with Gasteiger partial charge < -0.3 is 5.11 Å². The van der Waals surface area contributed by atoms with E-state index in [1.165, 1.54) is 9.75 Å². The molecule has 16 heavy (non-hydrogen) atoms. The van der Waals surface area contributed by atoms with E-state index in [0.29, 0.717) is 0 Å². The standard InChI is InChI=1S/C13H13IOS/c1-8-7-11(9(2)16-8)13(15)10-5-3-4-6-12(10)14/h3-7,13,15H,1-2H3. The molecule has 1 aromatic heterocycles. The minimum absolute atomic E-state index is 0.502. The smallest absolute Gasteiger partial charge is 0.106 e. The molecule has 0 fully saturated rings. The summed E-state index contributed by atoms with van der Waals surface area (Å²) in [7, 11) is 0. The molecule has 0 amide bonds. The van der Waals surface area contributed by atoms with Crippen LogP contribution in [0.1, 0.15) is 27.0 Å². The van der Waals surface area contributed by atoms with E-state index in [-0.39, 0.29) is 0 Å². The summed E-state index contributed by atoms with van der Waals surface area (Å²) in [6, 6.07) is 10.0. The van der Waals surface area contributed by atoms with Crippen LogP contribution in [-0.2, 0) is 0 Å². The number of aliphatic hydroxyl groups excluding tert-OH is 1. The van der Waals surface area contributed by atoms with Crippen molar-refractivity contribution in [2.75, 3.05) is 0 Å². The first kappa shape index (κ1) is 12.1. The number of benzene rings is 1. The van der Waals surface area contributed by atoms with Crippen LogP contribution in [-0.4, -0.2) is 5.11 Å². The molecule has 0 aliphatic rings. The number of hydrogen-bond donors (Lipinski definition) is 1. The second-order valence-electron chi connectivity index (χ2n) is 3.79. The topological polar surface area (TPSA) is 20.2 Å². The number of thiophene rings is 1. The highest BCUT2D eigenvalue weighted by Gasteiger charge is 2.16. The Morgan fingerprint density at radius 3 is 2.44 bits per heavy atom. The van der Waals surface area contributed by atoms with Crippen molar-refractivity contribution in [3.05, 3.63) is 54.8 Å². The van der Waals surface area contributed by atoms with Gasteiger partial charge in [-0.05, 0) is 59.7 Å². The van der Waals surface area contributed by atoms with Crippen LogP contribution in [0.5, 0.6) is 0 Å². The summed E-state index contributed by atoms with van der Waals surface area (Å²) in [6.07, 6.45) is -0.502. The van der Waals surface area contributed by atoms with Crippen LogP contribution in [0.4, 0.5) is 0 Å². The molecule has 2 aromatic rings. The molecule has 2 rings (SSSR count). The number of aliphatic hydroxyl groups is 1.